The first kappa shape index (κ1) is 24.2. The molecule has 9 nitrogen and oxygen atoms in total. The Kier molecular flexibility index (Phi) is 7.57. The maximum absolute atomic E-state index is 12.4. The van der Waals surface area contributed by atoms with Crippen molar-refractivity contribution < 1.29 is 27.5 Å². The molecular weight excluding hydrogens is 501 g/mol. The van der Waals surface area contributed by atoms with Crippen LogP contribution < -0.4 is 14.7 Å². The fourth-order valence-corrected chi connectivity index (χ4v) is 4.84. The molecule has 0 radical (unpaired) electrons. The Bertz CT molecular complexity index is 1370. The average Bonchev–Trinajstić information content (AvgIpc) is 3.03. The van der Waals surface area contributed by atoms with E-state index < -0.39 is 28.5 Å². The van der Waals surface area contributed by atoms with E-state index >= 15 is 0 Å². The number of aromatic nitrogens is 1. The van der Waals surface area contributed by atoms with E-state index in [4.69, 9.17) is 37.8 Å². The number of thiazole rings is 1. The molecule has 0 aliphatic heterocycles. The molecule has 1 aromatic heterocycles. The zero-order valence-corrected chi connectivity index (χ0v) is 19.7. The van der Waals surface area contributed by atoms with Gasteiger partial charge in [0, 0.05) is 5.02 Å². The number of amides is 1. The topological polar surface area (TPSA) is 130 Å². The zero-order valence-electron chi connectivity index (χ0n) is 16.6. The van der Waals surface area contributed by atoms with Gasteiger partial charge in [-0.15, -0.1) is 0 Å². The van der Waals surface area contributed by atoms with E-state index in [2.05, 4.69) is 4.99 Å². The second-order valence-electron chi connectivity index (χ2n) is 6.32. The number of nitrogens with zero attached hydrogens (tertiary/aromatic N) is 2. The average molecular weight is 518 g/mol. The lowest BCUT2D eigenvalue weighted by Gasteiger charge is -2.06. The number of primary sulfonamides is 1. The molecule has 2 N–H and O–H groups in total. The predicted molar refractivity (Wildman–Crippen MR) is 120 cm³/mol. The Morgan fingerprint density at radius 2 is 1.94 bits per heavy atom. The maximum atomic E-state index is 12.4. The molecule has 13 heteroatoms. The standard InChI is InChI=1S/C19H17Cl2N3O6S2/c1-2-29-18(26)9-24-14-5-4-12(32(22,27)28)8-16(14)31-19(24)23-17(25)10-30-15-6-3-11(20)7-13(15)21/h3-8H,2,9-10H2,1H3,(H2,22,27,28). The molecule has 0 unspecified atom stereocenters. The second-order valence-corrected chi connectivity index (χ2v) is 9.73. The van der Waals surface area contributed by atoms with Gasteiger partial charge in [-0.2, -0.15) is 4.99 Å². The maximum Gasteiger partial charge on any atom is 0.326 e. The fourth-order valence-electron chi connectivity index (χ4n) is 2.68. The number of hydrogen-bond donors (Lipinski definition) is 1. The van der Waals surface area contributed by atoms with Gasteiger partial charge in [0.2, 0.25) is 10.0 Å². The Morgan fingerprint density at radius 3 is 2.59 bits per heavy atom. The summed E-state index contributed by atoms with van der Waals surface area (Å²) in [6, 6.07) is 8.70. The van der Waals surface area contributed by atoms with Gasteiger partial charge in [0.25, 0.3) is 5.91 Å². The van der Waals surface area contributed by atoms with Gasteiger partial charge < -0.3 is 14.0 Å². The van der Waals surface area contributed by atoms with Gasteiger partial charge in [0.15, 0.2) is 11.4 Å². The van der Waals surface area contributed by atoms with Crippen molar-refractivity contribution in [3.05, 3.63) is 51.2 Å². The number of rotatable bonds is 7. The smallest absolute Gasteiger partial charge is 0.326 e. The van der Waals surface area contributed by atoms with E-state index in [1.807, 2.05) is 0 Å². The molecule has 0 saturated heterocycles. The summed E-state index contributed by atoms with van der Waals surface area (Å²) in [4.78, 5) is 28.6. The number of fused-ring (bicyclic) bond motifs is 1. The first-order chi connectivity index (χ1) is 15.1. The molecule has 1 heterocycles. The SMILES string of the molecule is CCOC(=O)Cn1c(=NC(=O)COc2ccc(Cl)cc2Cl)sc2cc(S(N)(=O)=O)ccc21. The van der Waals surface area contributed by atoms with Crippen LogP contribution in [0.4, 0.5) is 0 Å². The third-order valence-corrected chi connectivity index (χ3v) is 6.52. The Labute approximate surface area is 197 Å². The van der Waals surface area contributed by atoms with Gasteiger partial charge >= 0.3 is 5.97 Å². The van der Waals surface area contributed by atoms with Gasteiger partial charge in [0.1, 0.15) is 12.3 Å². The summed E-state index contributed by atoms with van der Waals surface area (Å²) in [6.45, 7) is 1.20. The highest BCUT2D eigenvalue weighted by molar-refractivity contribution is 7.89. The van der Waals surface area contributed by atoms with Crippen molar-refractivity contribution in [3.8, 4) is 5.75 Å². The highest BCUT2D eigenvalue weighted by Crippen LogP contribution is 2.27. The van der Waals surface area contributed by atoms with Crippen LogP contribution >= 0.6 is 34.5 Å². The van der Waals surface area contributed by atoms with Crippen molar-refractivity contribution in [1.29, 1.82) is 0 Å². The van der Waals surface area contributed by atoms with Crippen LogP contribution in [0.1, 0.15) is 6.92 Å². The highest BCUT2D eigenvalue weighted by atomic mass is 35.5. The summed E-state index contributed by atoms with van der Waals surface area (Å²) in [5, 5.41) is 5.85. The Balaban J connectivity index is 1.97. The number of halogens is 2. The number of carbonyl (C=O) groups is 2. The summed E-state index contributed by atoms with van der Waals surface area (Å²) < 4.78 is 35.6. The molecule has 2 aromatic carbocycles. The normalized spacial score (nSPS) is 12.2. The van der Waals surface area contributed by atoms with Gasteiger partial charge in [0.05, 0.1) is 26.7 Å². The van der Waals surface area contributed by atoms with Crippen LogP contribution in [0.15, 0.2) is 46.3 Å². The van der Waals surface area contributed by atoms with Crippen molar-refractivity contribution in [2.45, 2.75) is 18.4 Å². The molecule has 0 aliphatic rings. The molecular formula is C19H17Cl2N3O6S2. The molecule has 32 heavy (non-hydrogen) atoms. The molecule has 0 saturated carbocycles. The van der Waals surface area contributed by atoms with Gasteiger partial charge in [-0.25, -0.2) is 13.6 Å². The summed E-state index contributed by atoms with van der Waals surface area (Å²) in [5.74, 6) is -0.930. The van der Waals surface area contributed by atoms with Gasteiger partial charge in [-0.1, -0.05) is 34.5 Å². The summed E-state index contributed by atoms with van der Waals surface area (Å²) in [6.07, 6.45) is 0. The fraction of sp³-hybridized carbons (Fsp3) is 0.211. The van der Waals surface area contributed by atoms with Crippen molar-refractivity contribution in [3.63, 3.8) is 0 Å². The monoisotopic (exact) mass is 517 g/mol. The first-order valence-corrected chi connectivity index (χ1v) is 12.2. The quantitative estimate of drug-likeness (QED) is 0.479. The molecule has 0 atom stereocenters. The third-order valence-electron chi connectivity index (χ3n) is 4.04. The van der Waals surface area contributed by atoms with Crippen LogP contribution in [0.2, 0.25) is 10.0 Å². The number of esters is 1. The van der Waals surface area contributed by atoms with E-state index in [0.717, 1.165) is 11.3 Å². The van der Waals surface area contributed by atoms with Crippen LogP contribution in [-0.2, 0) is 30.9 Å². The van der Waals surface area contributed by atoms with E-state index in [1.165, 1.54) is 34.9 Å². The van der Waals surface area contributed by atoms with Crippen LogP contribution in [0.3, 0.4) is 0 Å². The van der Waals surface area contributed by atoms with Crippen LogP contribution in [0, 0.1) is 0 Å². The lowest BCUT2D eigenvalue weighted by molar-refractivity contribution is -0.143. The molecule has 3 aromatic rings. The molecule has 170 valence electrons. The molecule has 1 amide bonds. The van der Waals surface area contributed by atoms with E-state index in [0.29, 0.717) is 15.2 Å². The van der Waals surface area contributed by atoms with Crippen LogP contribution in [0.25, 0.3) is 10.2 Å². The molecule has 0 spiro atoms. The minimum absolute atomic E-state index is 0.104. The lowest BCUT2D eigenvalue weighted by atomic mass is 10.3. The molecule has 3 rings (SSSR count). The summed E-state index contributed by atoms with van der Waals surface area (Å²) in [7, 11) is -3.93. The predicted octanol–water partition coefficient (Wildman–Crippen LogP) is 2.73. The second kappa shape index (κ2) is 10.0. The third kappa shape index (κ3) is 5.87. The lowest BCUT2D eigenvalue weighted by Crippen LogP contribution is -2.24. The van der Waals surface area contributed by atoms with Gasteiger partial charge in [-0.3, -0.25) is 9.59 Å². The Hall–Kier alpha value is -2.44. The molecule has 0 fully saturated rings. The minimum Gasteiger partial charge on any atom is -0.482 e. The van der Waals surface area contributed by atoms with Crippen LogP contribution in [0.5, 0.6) is 5.75 Å². The van der Waals surface area contributed by atoms with Crippen LogP contribution in [-0.4, -0.2) is 38.1 Å². The number of sulfonamides is 1. The van der Waals surface area contributed by atoms with Gasteiger partial charge in [-0.05, 0) is 43.3 Å². The number of carbonyl (C=O) groups excluding carboxylic acids is 2. The van der Waals surface area contributed by atoms with E-state index in [-0.39, 0.29) is 33.6 Å². The first-order valence-electron chi connectivity index (χ1n) is 9.05. The molecule has 0 aliphatic carbocycles. The number of ether oxygens (including phenoxy) is 2. The van der Waals surface area contributed by atoms with Crippen molar-refractivity contribution in [2.75, 3.05) is 13.2 Å². The zero-order chi connectivity index (χ0) is 23.5. The van der Waals surface area contributed by atoms with E-state index in [9.17, 15) is 18.0 Å². The Morgan fingerprint density at radius 1 is 1.19 bits per heavy atom. The van der Waals surface area contributed by atoms with Crippen molar-refractivity contribution in [1.82, 2.24) is 4.57 Å². The number of benzene rings is 2. The molecule has 0 bridgehead atoms. The number of hydrogen-bond acceptors (Lipinski definition) is 7. The van der Waals surface area contributed by atoms with Crippen molar-refractivity contribution in [2.24, 2.45) is 10.1 Å². The summed E-state index contributed by atoms with van der Waals surface area (Å²) in [5.41, 5.74) is 0.490. The minimum atomic E-state index is -3.93. The number of nitrogens with two attached hydrogens (primary N) is 1. The largest absolute Gasteiger partial charge is 0.482 e. The summed E-state index contributed by atoms with van der Waals surface area (Å²) >= 11 is 12.9. The highest BCUT2D eigenvalue weighted by Gasteiger charge is 2.16. The van der Waals surface area contributed by atoms with Crippen molar-refractivity contribution >= 4 is 66.7 Å². The van der Waals surface area contributed by atoms with E-state index in [1.54, 1.807) is 13.0 Å².